The summed E-state index contributed by atoms with van der Waals surface area (Å²) in [6.45, 7) is 0. The molecule has 4 N–H and O–H groups in total. The van der Waals surface area contributed by atoms with Crippen LogP contribution in [0.2, 0.25) is 0 Å². The number of nitrogens with zero attached hydrogens (tertiary/aromatic N) is 2. The fourth-order valence-electron chi connectivity index (χ4n) is 3.35. The van der Waals surface area contributed by atoms with E-state index in [1.165, 1.54) is 5.56 Å². The normalized spacial score (nSPS) is 22.8. The van der Waals surface area contributed by atoms with Gasteiger partial charge in [0.05, 0.1) is 17.2 Å². The predicted octanol–water partition coefficient (Wildman–Crippen LogP) is 2.74. The smallest absolute Gasteiger partial charge is 0.132 e. The van der Waals surface area contributed by atoms with Gasteiger partial charge in [0.25, 0.3) is 0 Å². The molecule has 0 bridgehead atoms. The topological polar surface area (TPSA) is 94.3 Å². The zero-order valence-electron chi connectivity index (χ0n) is 14.0. The Morgan fingerprint density at radius 3 is 2.68 bits per heavy atom. The van der Waals surface area contributed by atoms with Gasteiger partial charge >= 0.3 is 0 Å². The minimum atomic E-state index is 0. The molecule has 0 saturated carbocycles. The lowest BCUT2D eigenvalue weighted by Gasteiger charge is -2.35. The molecule has 1 fully saturated rings. The molecule has 3 heterocycles. The lowest BCUT2D eigenvalue weighted by Crippen LogP contribution is -2.41. The number of H-pyrrole nitrogens is 1. The first-order chi connectivity index (χ1) is 11.3. The standard InChI is InChI=1S/C18H20N4O.ClH.H2O/c1-23-17-10-13(9-15(21-17)12-5-3-2-4-6-12)18-20-11-16-14(22-18)7-8-19-16;;/h2-8,11,13,15,17,19,21H,9-10H2,1H3;1H;1H2. The van der Waals surface area contributed by atoms with Crippen LogP contribution in [0.1, 0.15) is 36.2 Å². The van der Waals surface area contributed by atoms with Crippen LogP contribution in [0.15, 0.2) is 48.8 Å². The van der Waals surface area contributed by atoms with Gasteiger partial charge in [0.2, 0.25) is 0 Å². The Bertz CT molecular complexity index is 796. The van der Waals surface area contributed by atoms with Gasteiger partial charge in [0.1, 0.15) is 12.1 Å². The molecule has 0 spiro atoms. The second-order valence-corrected chi connectivity index (χ2v) is 6.03. The number of aromatic amines is 1. The summed E-state index contributed by atoms with van der Waals surface area (Å²) in [5.74, 6) is 1.19. The Balaban J connectivity index is 0.00000113. The molecule has 7 heteroatoms. The van der Waals surface area contributed by atoms with Crippen molar-refractivity contribution in [3.8, 4) is 0 Å². The number of ether oxygens (including phenoxy) is 1. The third-order valence-corrected chi connectivity index (χ3v) is 4.57. The Hall–Kier alpha value is -1.99. The molecule has 1 aromatic carbocycles. The van der Waals surface area contributed by atoms with Crippen molar-refractivity contribution in [1.82, 2.24) is 20.3 Å². The van der Waals surface area contributed by atoms with Crippen LogP contribution < -0.4 is 5.32 Å². The van der Waals surface area contributed by atoms with E-state index in [-0.39, 0.29) is 36.1 Å². The molecule has 2 aromatic heterocycles. The molecule has 0 aliphatic carbocycles. The number of nitrogens with one attached hydrogen (secondary N) is 2. The minimum absolute atomic E-state index is 0. The lowest BCUT2D eigenvalue weighted by atomic mass is 9.87. The van der Waals surface area contributed by atoms with Crippen LogP contribution in [0, 0.1) is 0 Å². The van der Waals surface area contributed by atoms with Crippen molar-refractivity contribution >= 4 is 23.4 Å². The molecule has 0 radical (unpaired) electrons. The molecule has 4 rings (SSSR count). The van der Waals surface area contributed by atoms with E-state index < -0.39 is 0 Å². The van der Waals surface area contributed by atoms with E-state index in [9.17, 15) is 0 Å². The summed E-state index contributed by atoms with van der Waals surface area (Å²) < 4.78 is 5.59. The van der Waals surface area contributed by atoms with Crippen LogP contribution in [0.5, 0.6) is 0 Å². The van der Waals surface area contributed by atoms with E-state index in [0.717, 1.165) is 29.7 Å². The molecule has 1 saturated heterocycles. The number of piperidine rings is 1. The van der Waals surface area contributed by atoms with E-state index >= 15 is 0 Å². The van der Waals surface area contributed by atoms with Crippen LogP contribution in [0.25, 0.3) is 11.0 Å². The van der Waals surface area contributed by atoms with E-state index in [1.54, 1.807) is 7.11 Å². The van der Waals surface area contributed by atoms with Crippen molar-refractivity contribution in [2.75, 3.05) is 7.11 Å². The SMILES string of the molecule is COC1CC(c2ncc3[nH]ccc3n2)CC(c2ccccc2)N1.Cl.O. The van der Waals surface area contributed by atoms with Crippen molar-refractivity contribution in [3.63, 3.8) is 0 Å². The zero-order valence-corrected chi connectivity index (χ0v) is 14.8. The highest BCUT2D eigenvalue weighted by Crippen LogP contribution is 2.35. The lowest BCUT2D eigenvalue weighted by molar-refractivity contribution is 0.0271. The maximum absolute atomic E-state index is 5.59. The molecular weight excluding hydrogens is 340 g/mol. The van der Waals surface area contributed by atoms with Crippen molar-refractivity contribution in [1.29, 1.82) is 0 Å². The summed E-state index contributed by atoms with van der Waals surface area (Å²) in [4.78, 5) is 12.4. The van der Waals surface area contributed by atoms with E-state index in [4.69, 9.17) is 9.72 Å². The summed E-state index contributed by atoms with van der Waals surface area (Å²) in [6.07, 6.45) is 5.65. The summed E-state index contributed by atoms with van der Waals surface area (Å²) in [7, 11) is 1.75. The summed E-state index contributed by atoms with van der Waals surface area (Å²) in [5, 5.41) is 3.57. The fourth-order valence-corrected chi connectivity index (χ4v) is 3.35. The van der Waals surface area contributed by atoms with E-state index in [2.05, 4.69) is 39.6 Å². The molecule has 3 aromatic rings. The number of methoxy groups -OCH3 is 1. The van der Waals surface area contributed by atoms with Gasteiger partial charge in [-0.15, -0.1) is 12.4 Å². The molecule has 3 unspecified atom stereocenters. The van der Waals surface area contributed by atoms with Crippen LogP contribution >= 0.6 is 12.4 Å². The average molecular weight is 363 g/mol. The van der Waals surface area contributed by atoms with Gasteiger partial charge in [-0.25, -0.2) is 9.97 Å². The molecule has 1 aliphatic heterocycles. The third-order valence-electron chi connectivity index (χ3n) is 4.57. The number of halogens is 1. The largest absolute Gasteiger partial charge is 0.412 e. The van der Waals surface area contributed by atoms with Gasteiger partial charge in [-0.2, -0.15) is 0 Å². The highest BCUT2D eigenvalue weighted by Gasteiger charge is 2.31. The number of hydrogen-bond donors (Lipinski definition) is 2. The molecule has 3 atom stereocenters. The first kappa shape index (κ1) is 19.3. The van der Waals surface area contributed by atoms with Crippen molar-refractivity contribution in [2.24, 2.45) is 0 Å². The van der Waals surface area contributed by atoms with Crippen LogP contribution in [-0.4, -0.2) is 33.8 Å². The maximum Gasteiger partial charge on any atom is 0.132 e. The Labute approximate surface area is 152 Å². The maximum atomic E-state index is 5.59. The average Bonchev–Trinajstić information content (AvgIpc) is 3.09. The molecule has 0 amide bonds. The number of benzene rings is 1. The predicted molar refractivity (Wildman–Crippen MR) is 99.8 cm³/mol. The van der Waals surface area contributed by atoms with Crippen molar-refractivity contribution in [3.05, 3.63) is 60.2 Å². The molecular formula is C18H23ClN4O2. The first-order valence-corrected chi connectivity index (χ1v) is 7.97. The summed E-state index contributed by atoms with van der Waals surface area (Å²) in [6, 6.07) is 12.7. The van der Waals surface area contributed by atoms with Gasteiger partial charge in [-0.3, -0.25) is 5.32 Å². The number of fused-ring (bicyclic) bond motifs is 1. The number of hydrogen-bond acceptors (Lipinski definition) is 4. The Kier molecular flexibility index (Phi) is 6.50. The van der Waals surface area contributed by atoms with Gasteiger partial charge < -0.3 is 15.2 Å². The second-order valence-electron chi connectivity index (χ2n) is 6.03. The molecule has 1 aliphatic rings. The van der Waals surface area contributed by atoms with Gasteiger partial charge in [-0.05, 0) is 24.5 Å². The quantitative estimate of drug-likeness (QED) is 0.749. The Morgan fingerprint density at radius 2 is 1.92 bits per heavy atom. The number of rotatable bonds is 3. The van der Waals surface area contributed by atoms with Gasteiger partial charge in [0.15, 0.2) is 0 Å². The van der Waals surface area contributed by atoms with Gasteiger partial charge in [0, 0.05) is 25.3 Å². The monoisotopic (exact) mass is 362 g/mol. The summed E-state index contributed by atoms with van der Waals surface area (Å²) >= 11 is 0. The highest BCUT2D eigenvalue weighted by molar-refractivity contribution is 5.85. The van der Waals surface area contributed by atoms with Crippen molar-refractivity contribution < 1.29 is 10.2 Å². The molecule has 25 heavy (non-hydrogen) atoms. The molecule has 6 nitrogen and oxygen atoms in total. The first-order valence-electron chi connectivity index (χ1n) is 7.97. The zero-order chi connectivity index (χ0) is 15.6. The van der Waals surface area contributed by atoms with Crippen molar-refractivity contribution in [2.45, 2.75) is 31.0 Å². The van der Waals surface area contributed by atoms with Crippen LogP contribution in [0.4, 0.5) is 0 Å². The van der Waals surface area contributed by atoms with Crippen LogP contribution in [0.3, 0.4) is 0 Å². The Morgan fingerprint density at radius 1 is 1.12 bits per heavy atom. The summed E-state index contributed by atoms with van der Waals surface area (Å²) in [5.41, 5.74) is 3.23. The fraction of sp³-hybridized carbons (Fsp3) is 0.333. The van der Waals surface area contributed by atoms with E-state index in [0.29, 0.717) is 0 Å². The number of aromatic nitrogens is 3. The third kappa shape index (κ3) is 3.99. The van der Waals surface area contributed by atoms with Gasteiger partial charge in [-0.1, -0.05) is 30.3 Å². The highest BCUT2D eigenvalue weighted by atomic mass is 35.5. The van der Waals surface area contributed by atoms with Crippen LogP contribution in [-0.2, 0) is 4.74 Å². The van der Waals surface area contributed by atoms with E-state index in [1.807, 2.05) is 24.5 Å². The minimum Gasteiger partial charge on any atom is -0.412 e. The molecule has 134 valence electrons. The second kappa shape index (κ2) is 8.40.